The van der Waals surface area contributed by atoms with Crippen LogP contribution in [0.3, 0.4) is 0 Å². The normalized spacial score (nSPS) is 10.3. The molecule has 0 radical (unpaired) electrons. The second-order valence-corrected chi connectivity index (χ2v) is 4.96. The number of amidine groups is 1. The first-order valence-electron chi connectivity index (χ1n) is 5.25. The fraction of sp³-hybridized carbons (Fsp3) is 0. The molecule has 0 unspecified atom stereocenters. The summed E-state index contributed by atoms with van der Waals surface area (Å²) < 4.78 is 19.1. The van der Waals surface area contributed by atoms with Gasteiger partial charge in [-0.05, 0) is 46.3 Å². The average molecular weight is 344 g/mol. The standard InChI is InChI=1S/C13H9BrClFN2O/c14-8-6-7(16)4-5-10(8)19-11-3-1-2-9(15)12(11)13(17)18/h1-6H,(H3,17,18). The van der Waals surface area contributed by atoms with Crippen LogP contribution in [-0.4, -0.2) is 5.84 Å². The van der Waals surface area contributed by atoms with Gasteiger partial charge in [0.1, 0.15) is 23.2 Å². The molecule has 6 heteroatoms. The van der Waals surface area contributed by atoms with Crippen molar-refractivity contribution in [3.05, 3.63) is 57.3 Å². The van der Waals surface area contributed by atoms with E-state index in [0.717, 1.165) is 0 Å². The van der Waals surface area contributed by atoms with Crippen molar-refractivity contribution in [2.75, 3.05) is 0 Å². The second kappa shape index (κ2) is 5.59. The van der Waals surface area contributed by atoms with Crippen LogP contribution in [0, 0.1) is 11.2 Å². The number of halogens is 3. The number of nitrogens with two attached hydrogens (primary N) is 1. The highest BCUT2D eigenvalue weighted by atomic mass is 79.9. The van der Waals surface area contributed by atoms with Crippen molar-refractivity contribution in [2.45, 2.75) is 0 Å². The zero-order valence-corrected chi connectivity index (χ0v) is 11.9. The van der Waals surface area contributed by atoms with Crippen LogP contribution in [-0.2, 0) is 0 Å². The Morgan fingerprint density at radius 1 is 1.26 bits per heavy atom. The maximum atomic E-state index is 13.0. The third-order valence-electron chi connectivity index (χ3n) is 2.36. The van der Waals surface area contributed by atoms with Gasteiger partial charge >= 0.3 is 0 Å². The Bertz CT molecular complexity index is 649. The number of benzene rings is 2. The lowest BCUT2D eigenvalue weighted by molar-refractivity contribution is 0.476. The Morgan fingerprint density at radius 2 is 2.00 bits per heavy atom. The number of ether oxygens (including phenoxy) is 1. The number of nitrogen functional groups attached to an aromatic ring is 1. The molecule has 2 aromatic carbocycles. The van der Waals surface area contributed by atoms with E-state index in [4.69, 9.17) is 27.5 Å². The molecule has 0 spiro atoms. The summed E-state index contributed by atoms with van der Waals surface area (Å²) in [5.41, 5.74) is 5.78. The molecular formula is C13H9BrClFN2O. The Morgan fingerprint density at radius 3 is 2.63 bits per heavy atom. The first-order chi connectivity index (χ1) is 8.99. The van der Waals surface area contributed by atoms with Gasteiger partial charge in [-0.15, -0.1) is 0 Å². The topological polar surface area (TPSA) is 59.1 Å². The lowest BCUT2D eigenvalue weighted by atomic mass is 10.2. The lowest BCUT2D eigenvalue weighted by Gasteiger charge is -2.12. The largest absolute Gasteiger partial charge is 0.455 e. The van der Waals surface area contributed by atoms with Crippen molar-refractivity contribution in [3.8, 4) is 11.5 Å². The molecule has 0 aliphatic heterocycles. The first kappa shape index (κ1) is 13.8. The third-order valence-corrected chi connectivity index (χ3v) is 3.29. The minimum Gasteiger partial charge on any atom is -0.455 e. The number of rotatable bonds is 3. The van der Waals surface area contributed by atoms with Crippen molar-refractivity contribution < 1.29 is 9.13 Å². The van der Waals surface area contributed by atoms with E-state index in [-0.39, 0.29) is 11.7 Å². The van der Waals surface area contributed by atoms with E-state index in [9.17, 15) is 4.39 Å². The van der Waals surface area contributed by atoms with Crippen molar-refractivity contribution in [1.29, 1.82) is 5.41 Å². The van der Waals surface area contributed by atoms with Crippen LogP contribution in [0.25, 0.3) is 0 Å². The molecule has 0 aliphatic carbocycles. The minimum absolute atomic E-state index is 0.196. The van der Waals surface area contributed by atoms with Crippen LogP contribution in [0.1, 0.15) is 5.56 Å². The summed E-state index contributed by atoms with van der Waals surface area (Å²) >= 11 is 9.18. The molecule has 0 aliphatic rings. The lowest BCUT2D eigenvalue weighted by Crippen LogP contribution is -2.13. The van der Waals surface area contributed by atoms with Gasteiger partial charge in [0, 0.05) is 0 Å². The van der Waals surface area contributed by atoms with Gasteiger partial charge in [0.05, 0.1) is 15.1 Å². The van der Waals surface area contributed by atoms with E-state index in [2.05, 4.69) is 15.9 Å². The summed E-state index contributed by atoms with van der Waals surface area (Å²) in [6, 6.07) is 8.97. The maximum Gasteiger partial charge on any atom is 0.141 e. The van der Waals surface area contributed by atoms with Crippen LogP contribution in [0.15, 0.2) is 40.9 Å². The van der Waals surface area contributed by atoms with Gasteiger partial charge in [-0.2, -0.15) is 0 Å². The van der Waals surface area contributed by atoms with E-state index >= 15 is 0 Å². The highest BCUT2D eigenvalue weighted by Crippen LogP contribution is 2.34. The molecule has 2 aromatic rings. The first-order valence-corrected chi connectivity index (χ1v) is 6.42. The van der Waals surface area contributed by atoms with Gasteiger partial charge < -0.3 is 10.5 Å². The molecule has 0 fully saturated rings. The van der Waals surface area contributed by atoms with Gasteiger partial charge in [-0.1, -0.05) is 17.7 Å². The van der Waals surface area contributed by atoms with E-state index in [1.807, 2.05) is 0 Å². The predicted octanol–water partition coefficient (Wildman–Crippen LogP) is 4.32. The minimum atomic E-state index is -0.378. The van der Waals surface area contributed by atoms with Crippen LogP contribution < -0.4 is 10.5 Å². The molecule has 98 valence electrons. The zero-order valence-electron chi connectivity index (χ0n) is 9.58. The smallest absolute Gasteiger partial charge is 0.141 e. The summed E-state index contributed by atoms with van der Waals surface area (Å²) in [4.78, 5) is 0. The summed E-state index contributed by atoms with van der Waals surface area (Å²) in [7, 11) is 0. The third kappa shape index (κ3) is 3.05. The number of hydrogen-bond donors (Lipinski definition) is 2. The molecule has 0 heterocycles. The zero-order chi connectivity index (χ0) is 14.0. The average Bonchev–Trinajstić information content (AvgIpc) is 2.32. The van der Waals surface area contributed by atoms with Gasteiger partial charge in [0.2, 0.25) is 0 Å². The Balaban J connectivity index is 2.44. The number of hydrogen-bond acceptors (Lipinski definition) is 2. The summed E-state index contributed by atoms with van der Waals surface area (Å²) in [5, 5.41) is 7.83. The number of nitrogens with one attached hydrogen (secondary N) is 1. The maximum absolute atomic E-state index is 13.0. The van der Waals surface area contributed by atoms with Crippen molar-refractivity contribution in [2.24, 2.45) is 5.73 Å². The fourth-order valence-electron chi connectivity index (χ4n) is 1.53. The van der Waals surface area contributed by atoms with Crippen molar-refractivity contribution >= 4 is 33.4 Å². The molecule has 0 bridgehead atoms. The molecule has 3 nitrogen and oxygen atoms in total. The molecule has 0 aromatic heterocycles. The molecule has 0 amide bonds. The van der Waals surface area contributed by atoms with Gasteiger partial charge in [-0.25, -0.2) is 4.39 Å². The highest BCUT2D eigenvalue weighted by Gasteiger charge is 2.13. The molecule has 2 rings (SSSR count). The van der Waals surface area contributed by atoms with Crippen LogP contribution >= 0.6 is 27.5 Å². The monoisotopic (exact) mass is 342 g/mol. The van der Waals surface area contributed by atoms with Crippen LogP contribution in [0.4, 0.5) is 4.39 Å². The SMILES string of the molecule is N=C(N)c1c(Cl)cccc1Oc1ccc(F)cc1Br. The van der Waals surface area contributed by atoms with E-state index in [1.54, 1.807) is 18.2 Å². The molecule has 0 saturated heterocycles. The summed E-state index contributed by atoms with van der Waals surface area (Å²) in [6.45, 7) is 0. The summed E-state index contributed by atoms with van der Waals surface area (Å²) in [6.07, 6.45) is 0. The highest BCUT2D eigenvalue weighted by molar-refractivity contribution is 9.10. The van der Waals surface area contributed by atoms with Gasteiger partial charge in [0.25, 0.3) is 0 Å². The van der Waals surface area contributed by atoms with Crippen LogP contribution in [0.5, 0.6) is 11.5 Å². The van der Waals surface area contributed by atoms with Crippen LogP contribution in [0.2, 0.25) is 5.02 Å². The predicted molar refractivity (Wildman–Crippen MR) is 76.6 cm³/mol. The Kier molecular flexibility index (Phi) is 4.07. The molecule has 0 atom stereocenters. The Hall–Kier alpha value is -1.59. The van der Waals surface area contributed by atoms with Crippen molar-refractivity contribution in [1.82, 2.24) is 0 Å². The molecule has 0 saturated carbocycles. The van der Waals surface area contributed by atoms with Crippen molar-refractivity contribution in [3.63, 3.8) is 0 Å². The van der Waals surface area contributed by atoms with E-state index in [0.29, 0.717) is 26.6 Å². The van der Waals surface area contributed by atoms with E-state index < -0.39 is 0 Å². The van der Waals surface area contributed by atoms with Gasteiger partial charge in [-0.3, -0.25) is 5.41 Å². The molecule has 19 heavy (non-hydrogen) atoms. The summed E-state index contributed by atoms with van der Waals surface area (Å²) in [5.74, 6) is 0.175. The second-order valence-electron chi connectivity index (χ2n) is 3.70. The van der Waals surface area contributed by atoms with E-state index in [1.165, 1.54) is 18.2 Å². The quantitative estimate of drug-likeness (QED) is 0.644. The molecular weight excluding hydrogens is 335 g/mol. The van der Waals surface area contributed by atoms with Gasteiger partial charge in [0.15, 0.2) is 0 Å². The molecule has 3 N–H and O–H groups in total. The fourth-order valence-corrected chi connectivity index (χ4v) is 2.23. The Labute approximate surface area is 122 Å².